The van der Waals surface area contributed by atoms with Crippen molar-refractivity contribution in [1.29, 1.82) is 0 Å². The van der Waals surface area contributed by atoms with Crippen LogP contribution in [-0.2, 0) is 0 Å². The molecule has 1 heterocycles. The lowest BCUT2D eigenvalue weighted by Gasteiger charge is -2.10. The van der Waals surface area contributed by atoms with Crippen molar-refractivity contribution in [3.8, 4) is 5.75 Å². The zero-order valence-corrected chi connectivity index (χ0v) is 10.8. The zero-order valence-electron chi connectivity index (χ0n) is 10.8. The van der Waals surface area contributed by atoms with Crippen molar-refractivity contribution in [3.63, 3.8) is 0 Å². The van der Waals surface area contributed by atoms with Crippen molar-refractivity contribution in [3.05, 3.63) is 41.6 Å². The Morgan fingerprint density at radius 1 is 1.17 bits per heavy atom. The van der Waals surface area contributed by atoms with Gasteiger partial charge in [0.15, 0.2) is 0 Å². The highest BCUT2D eigenvalue weighted by atomic mass is 16.5. The molecule has 0 aliphatic carbocycles. The summed E-state index contributed by atoms with van der Waals surface area (Å²) in [4.78, 5) is 4.24. The molecule has 0 amide bonds. The monoisotopic (exact) mass is 243 g/mol. The molecular formula is C14H17N3O. The normalized spacial score (nSPS) is 10.2. The Kier molecular flexibility index (Phi) is 3.37. The van der Waals surface area contributed by atoms with Gasteiger partial charge in [-0.05, 0) is 49.2 Å². The third-order valence-corrected chi connectivity index (χ3v) is 2.82. The molecule has 18 heavy (non-hydrogen) atoms. The number of ether oxygens (including phenoxy) is 1. The van der Waals surface area contributed by atoms with Gasteiger partial charge in [-0.2, -0.15) is 0 Å². The fourth-order valence-corrected chi connectivity index (χ4v) is 1.74. The number of pyridine rings is 1. The van der Waals surface area contributed by atoms with Crippen molar-refractivity contribution < 1.29 is 4.74 Å². The Hall–Kier alpha value is -2.23. The molecule has 0 unspecified atom stereocenters. The molecule has 0 radical (unpaired) electrons. The number of methoxy groups -OCH3 is 1. The van der Waals surface area contributed by atoms with E-state index in [4.69, 9.17) is 10.5 Å². The molecule has 0 fully saturated rings. The van der Waals surface area contributed by atoms with Gasteiger partial charge in [0.1, 0.15) is 11.6 Å². The number of anilines is 3. The maximum atomic E-state index is 5.74. The predicted octanol–water partition coefficient (Wildman–Crippen LogP) is 3.03. The summed E-state index contributed by atoms with van der Waals surface area (Å²) >= 11 is 0. The van der Waals surface area contributed by atoms with Crippen LogP contribution in [0.25, 0.3) is 0 Å². The largest absolute Gasteiger partial charge is 0.496 e. The molecule has 4 nitrogen and oxygen atoms in total. The smallest absolute Gasteiger partial charge is 0.130 e. The van der Waals surface area contributed by atoms with Crippen molar-refractivity contribution in [2.24, 2.45) is 0 Å². The topological polar surface area (TPSA) is 60.2 Å². The van der Waals surface area contributed by atoms with Crippen molar-refractivity contribution in [1.82, 2.24) is 4.98 Å². The number of rotatable bonds is 3. The second kappa shape index (κ2) is 4.96. The van der Waals surface area contributed by atoms with Crippen LogP contribution in [0.5, 0.6) is 5.75 Å². The molecule has 0 atom stereocenters. The molecule has 1 aromatic heterocycles. The summed E-state index contributed by atoms with van der Waals surface area (Å²) in [6, 6.07) is 7.84. The van der Waals surface area contributed by atoms with E-state index >= 15 is 0 Å². The van der Waals surface area contributed by atoms with Crippen LogP contribution in [0.4, 0.5) is 17.2 Å². The van der Waals surface area contributed by atoms with Crippen LogP contribution in [0.15, 0.2) is 30.5 Å². The number of nitrogens with one attached hydrogen (secondary N) is 1. The highest BCUT2D eigenvalue weighted by Crippen LogP contribution is 2.24. The van der Waals surface area contributed by atoms with Crippen LogP contribution in [0.2, 0.25) is 0 Å². The van der Waals surface area contributed by atoms with E-state index in [0.29, 0.717) is 5.69 Å². The Bertz CT molecular complexity index is 567. The summed E-state index contributed by atoms with van der Waals surface area (Å²) in [7, 11) is 1.67. The molecular weight excluding hydrogens is 226 g/mol. The van der Waals surface area contributed by atoms with Crippen LogP contribution in [0.3, 0.4) is 0 Å². The van der Waals surface area contributed by atoms with Gasteiger partial charge in [-0.1, -0.05) is 0 Å². The van der Waals surface area contributed by atoms with E-state index in [1.165, 1.54) is 0 Å². The summed E-state index contributed by atoms with van der Waals surface area (Å²) in [5.74, 6) is 1.66. The fourth-order valence-electron chi connectivity index (χ4n) is 1.74. The number of aryl methyl sites for hydroxylation is 2. The first-order chi connectivity index (χ1) is 8.60. The second-order valence-corrected chi connectivity index (χ2v) is 4.24. The van der Waals surface area contributed by atoms with Gasteiger partial charge in [-0.15, -0.1) is 0 Å². The molecule has 0 spiro atoms. The molecule has 0 aliphatic rings. The van der Waals surface area contributed by atoms with Crippen LogP contribution in [0, 0.1) is 13.8 Å². The predicted molar refractivity (Wildman–Crippen MR) is 74.4 cm³/mol. The molecule has 4 heteroatoms. The van der Waals surface area contributed by atoms with Gasteiger partial charge < -0.3 is 15.8 Å². The summed E-state index contributed by atoms with van der Waals surface area (Å²) < 4.78 is 5.23. The SMILES string of the molecule is COc1ccc(Nc2cc(C)c(N)cn2)cc1C. The van der Waals surface area contributed by atoms with E-state index in [1.807, 2.05) is 38.1 Å². The molecule has 0 aliphatic heterocycles. The third kappa shape index (κ3) is 2.53. The first-order valence-electron chi connectivity index (χ1n) is 5.74. The summed E-state index contributed by atoms with van der Waals surface area (Å²) in [5, 5.41) is 3.24. The lowest BCUT2D eigenvalue weighted by Crippen LogP contribution is -1.98. The van der Waals surface area contributed by atoms with E-state index in [-0.39, 0.29) is 0 Å². The molecule has 2 aromatic rings. The summed E-state index contributed by atoms with van der Waals surface area (Å²) in [6.45, 7) is 3.97. The van der Waals surface area contributed by atoms with Gasteiger partial charge in [0.05, 0.1) is 19.0 Å². The second-order valence-electron chi connectivity index (χ2n) is 4.24. The lowest BCUT2D eigenvalue weighted by atomic mass is 10.2. The number of nitrogens with zero attached hydrogens (tertiary/aromatic N) is 1. The molecule has 1 aromatic carbocycles. The van der Waals surface area contributed by atoms with Crippen molar-refractivity contribution in [2.45, 2.75) is 13.8 Å². The molecule has 3 N–H and O–H groups in total. The average Bonchev–Trinajstić information content (AvgIpc) is 2.34. The maximum Gasteiger partial charge on any atom is 0.130 e. The fraction of sp³-hybridized carbons (Fsp3) is 0.214. The van der Waals surface area contributed by atoms with Crippen molar-refractivity contribution in [2.75, 3.05) is 18.2 Å². The summed E-state index contributed by atoms with van der Waals surface area (Å²) in [5.41, 5.74) is 9.50. The third-order valence-electron chi connectivity index (χ3n) is 2.82. The molecule has 2 rings (SSSR count). The number of nitrogens with two attached hydrogens (primary N) is 1. The van der Waals surface area contributed by atoms with E-state index in [9.17, 15) is 0 Å². The number of hydrogen-bond donors (Lipinski definition) is 2. The first kappa shape index (κ1) is 12.2. The number of nitrogen functional groups attached to an aromatic ring is 1. The van der Waals surface area contributed by atoms with E-state index in [1.54, 1.807) is 13.3 Å². The molecule has 94 valence electrons. The zero-order chi connectivity index (χ0) is 13.1. The van der Waals surface area contributed by atoms with Gasteiger partial charge in [0.25, 0.3) is 0 Å². The number of benzene rings is 1. The van der Waals surface area contributed by atoms with E-state index < -0.39 is 0 Å². The number of hydrogen-bond acceptors (Lipinski definition) is 4. The van der Waals surface area contributed by atoms with Gasteiger partial charge in [0.2, 0.25) is 0 Å². The minimum Gasteiger partial charge on any atom is -0.496 e. The minimum atomic E-state index is 0.700. The quantitative estimate of drug-likeness (QED) is 0.869. The Morgan fingerprint density at radius 2 is 1.94 bits per heavy atom. The van der Waals surface area contributed by atoms with Crippen LogP contribution < -0.4 is 15.8 Å². The standard InChI is InChI=1S/C14H17N3O/c1-9-7-14(16-8-12(9)15)17-11-4-5-13(18-3)10(2)6-11/h4-8H,15H2,1-3H3,(H,16,17). The van der Waals surface area contributed by atoms with Gasteiger partial charge >= 0.3 is 0 Å². The molecule has 0 saturated carbocycles. The van der Waals surface area contributed by atoms with Crippen molar-refractivity contribution >= 4 is 17.2 Å². The molecule has 0 bridgehead atoms. The maximum absolute atomic E-state index is 5.74. The van der Waals surface area contributed by atoms with Gasteiger partial charge in [0, 0.05) is 5.69 Å². The molecule has 0 saturated heterocycles. The van der Waals surface area contributed by atoms with E-state index in [2.05, 4.69) is 10.3 Å². The lowest BCUT2D eigenvalue weighted by molar-refractivity contribution is 0.412. The van der Waals surface area contributed by atoms with Crippen LogP contribution in [-0.4, -0.2) is 12.1 Å². The first-order valence-corrected chi connectivity index (χ1v) is 5.74. The van der Waals surface area contributed by atoms with Crippen LogP contribution in [0.1, 0.15) is 11.1 Å². The Morgan fingerprint density at radius 3 is 2.56 bits per heavy atom. The summed E-state index contributed by atoms with van der Waals surface area (Å²) in [6.07, 6.45) is 1.66. The Balaban J connectivity index is 2.23. The van der Waals surface area contributed by atoms with Crippen LogP contribution >= 0.6 is 0 Å². The van der Waals surface area contributed by atoms with Gasteiger partial charge in [-0.25, -0.2) is 4.98 Å². The average molecular weight is 243 g/mol. The van der Waals surface area contributed by atoms with E-state index in [0.717, 1.165) is 28.4 Å². The minimum absolute atomic E-state index is 0.700. The van der Waals surface area contributed by atoms with Gasteiger partial charge in [-0.3, -0.25) is 0 Å². The Labute approximate surface area is 107 Å². The highest BCUT2D eigenvalue weighted by molar-refractivity contribution is 5.61. The highest BCUT2D eigenvalue weighted by Gasteiger charge is 2.02. The number of aromatic nitrogens is 1.